The van der Waals surface area contributed by atoms with E-state index in [1.807, 2.05) is 24.1 Å². The molecule has 1 unspecified atom stereocenters. The molecule has 2 N–H and O–H groups in total. The molecular weight excluding hydrogens is 258 g/mol. The molecule has 0 aliphatic carbocycles. The number of carbonyl (C=O) groups is 1. The van der Waals surface area contributed by atoms with Crippen LogP contribution in [0.5, 0.6) is 11.5 Å². The zero-order valence-corrected chi connectivity index (χ0v) is 11.5. The zero-order valence-electron chi connectivity index (χ0n) is 11.5. The second-order valence-corrected chi connectivity index (χ2v) is 5.10. The van der Waals surface area contributed by atoms with Crippen molar-refractivity contribution < 1.29 is 14.3 Å². The zero-order chi connectivity index (χ0) is 14.1. The molecule has 20 heavy (non-hydrogen) atoms. The van der Waals surface area contributed by atoms with E-state index in [4.69, 9.17) is 15.2 Å². The summed E-state index contributed by atoms with van der Waals surface area (Å²) >= 11 is 0. The average molecular weight is 277 g/mol. The Balaban J connectivity index is 1.88. The molecular formula is C14H19N3O3. The van der Waals surface area contributed by atoms with Crippen LogP contribution in [0.15, 0.2) is 18.2 Å². The predicted molar refractivity (Wildman–Crippen MR) is 74.6 cm³/mol. The lowest BCUT2D eigenvalue weighted by atomic mass is 10.1. The smallest absolute Gasteiger partial charge is 0.334 e. The van der Waals surface area contributed by atoms with Gasteiger partial charge in [-0.25, -0.2) is 14.8 Å². The highest BCUT2D eigenvalue weighted by Gasteiger charge is 2.26. The lowest BCUT2D eigenvalue weighted by Crippen LogP contribution is -2.51. The number of ether oxygens (including phenoxy) is 2. The molecule has 1 atom stereocenters. The van der Waals surface area contributed by atoms with E-state index in [-0.39, 0.29) is 6.29 Å². The minimum Gasteiger partial charge on any atom is -0.451 e. The molecule has 0 bridgehead atoms. The molecule has 1 aromatic rings. The number of carbonyl (C=O) groups excluding carboxylic acids is 1. The van der Waals surface area contributed by atoms with E-state index in [0.29, 0.717) is 11.5 Å². The predicted octanol–water partition coefficient (Wildman–Crippen LogP) is 2.09. The molecule has 2 aliphatic rings. The Labute approximate surface area is 118 Å². The number of fused-ring (bicyclic) bond motifs is 1. The van der Waals surface area contributed by atoms with Crippen molar-refractivity contribution in [3.05, 3.63) is 18.2 Å². The van der Waals surface area contributed by atoms with Gasteiger partial charge in [-0.05, 0) is 25.0 Å². The highest BCUT2D eigenvalue weighted by Crippen LogP contribution is 2.38. The van der Waals surface area contributed by atoms with Gasteiger partial charge >= 0.3 is 6.03 Å². The number of primary amides is 1. The van der Waals surface area contributed by atoms with Crippen molar-refractivity contribution in [2.75, 3.05) is 18.1 Å². The minimum absolute atomic E-state index is 0.294. The number of urea groups is 1. The maximum Gasteiger partial charge on any atom is 0.334 e. The summed E-state index contributed by atoms with van der Waals surface area (Å²) in [5, 5.41) is 3.53. The van der Waals surface area contributed by atoms with Gasteiger partial charge in [-0.15, -0.1) is 0 Å². The van der Waals surface area contributed by atoms with Crippen molar-refractivity contribution in [2.24, 2.45) is 5.73 Å². The number of rotatable bonds is 2. The molecule has 6 nitrogen and oxygen atoms in total. The van der Waals surface area contributed by atoms with Crippen LogP contribution in [-0.2, 0) is 0 Å². The van der Waals surface area contributed by atoms with Crippen molar-refractivity contribution in [2.45, 2.75) is 32.5 Å². The summed E-state index contributed by atoms with van der Waals surface area (Å²) in [5.74, 6) is 1.35. The van der Waals surface area contributed by atoms with Crippen LogP contribution in [0.25, 0.3) is 0 Å². The van der Waals surface area contributed by atoms with E-state index < -0.39 is 6.03 Å². The maximum atomic E-state index is 11.8. The first-order valence-corrected chi connectivity index (χ1v) is 6.97. The molecule has 0 radical (unpaired) electrons. The molecule has 3 rings (SSSR count). The maximum absolute atomic E-state index is 11.8. The molecule has 0 spiro atoms. The Kier molecular flexibility index (Phi) is 3.40. The quantitative estimate of drug-likeness (QED) is 0.898. The first kappa shape index (κ1) is 13.1. The van der Waals surface area contributed by atoms with Gasteiger partial charge in [-0.1, -0.05) is 6.42 Å². The summed E-state index contributed by atoms with van der Waals surface area (Å²) in [4.78, 5) is 11.8. The molecule has 0 aromatic heterocycles. The summed E-state index contributed by atoms with van der Waals surface area (Å²) in [7, 11) is 0. The van der Waals surface area contributed by atoms with Gasteiger partial charge in [0.15, 0.2) is 11.5 Å². The van der Waals surface area contributed by atoms with E-state index in [1.165, 1.54) is 11.4 Å². The highest BCUT2D eigenvalue weighted by molar-refractivity contribution is 5.90. The van der Waals surface area contributed by atoms with Crippen LogP contribution in [0.4, 0.5) is 10.5 Å². The van der Waals surface area contributed by atoms with E-state index in [2.05, 4.69) is 0 Å². The first-order valence-electron chi connectivity index (χ1n) is 6.97. The summed E-state index contributed by atoms with van der Waals surface area (Å²) in [6.45, 7) is 3.51. The summed E-state index contributed by atoms with van der Waals surface area (Å²) < 4.78 is 11.0. The van der Waals surface area contributed by atoms with Crippen molar-refractivity contribution >= 4 is 11.7 Å². The minimum atomic E-state index is -0.473. The second-order valence-electron chi connectivity index (χ2n) is 5.10. The monoisotopic (exact) mass is 277 g/mol. The van der Waals surface area contributed by atoms with E-state index in [0.717, 1.165) is 31.6 Å². The fraction of sp³-hybridized carbons (Fsp3) is 0.500. The molecule has 1 fully saturated rings. The lowest BCUT2D eigenvalue weighted by Gasteiger charge is -2.36. The third-order valence-corrected chi connectivity index (χ3v) is 3.58. The summed E-state index contributed by atoms with van der Waals surface area (Å²) in [5.41, 5.74) is 6.26. The van der Waals surface area contributed by atoms with E-state index in [9.17, 15) is 4.79 Å². The topological polar surface area (TPSA) is 68.0 Å². The number of amides is 2. The Bertz CT molecular complexity index is 514. The van der Waals surface area contributed by atoms with Crippen LogP contribution in [0.2, 0.25) is 0 Å². The Morgan fingerprint density at radius 3 is 2.65 bits per heavy atom. The van der Waals surface area contributed by atoms with Gasteiger partial charge in [-0.3, -0.25) is 0 Å². The van der Waals surface area contributed by atoms with Crippen LogP contribution in [-0.4, -0.2) is 30.4 Å². The Morgan fingerprint density at radius 2 is 1.95 bits per heavy atom. The van der Waals surface area contributed by atoms with E-state index >= 15 is 0 Å². The average Bonchev–Trinajstić information content (AvgIpc) is 2.79. The van der Waals surface area contributed by atoms with Gasteiger partial charge in [0, 0.05) is 26.1 Å². The van der Waals surface area contributed by atoms with Crippen molar-refractivity contribution in [1.29, 1.82) is 0 Å². The molecule has 1 saturated heterocycles. The van der Waals surface area contributed by atoms with Gasteiger partial charge in [0.2, 0.25) is 6.29 Å². The van der Waals surface area contributed by atoms with Gasteiger partial charge in [0.1, 0.15) is 0 Å². The Hall–Kier alpha value is -1.95. The number of anilines is 1. The molecule has 1 aromatic carbocycles. The number of hydrogen-bond acceptors (Lipinski definition) is 4. The molecule has 6 heteroatoms. The van der Waals surface area contributed by atoms with Crippen LogP contribution in [0, 0.1) is 0 Å². The number of piperidine rings is 1. The van der Waals surface area contributed by atoms with Crippen LogP contribution < -0.4 is 20.2 Å². The molecule has 2 aliphatic heterocycles. The fourth-order valence-electron chi connectivity index (χ4n) is 2.71. The third kappa shape index (κ3) is 2.38. The highest BCUT2D eigenvalue weighted by atomic mass is 16.7. The third-order valence-electron chi connectivity index (χ3n) is 3.58. The number of nitrogens with zero attached hydrogens (tertiary/aromatic N) is 2. The normalized spacial score (nSPS) is 21.8. The molecule has 0 saturated carbocycles. The van der Waals surface area contributed by atoms with Crippen molar-refractivity contribution in [1.82, 2.24) is 5.01 Å². The number of nitrogens with two attached hydrogens (primary N) is 1. The van der Waals surface area contributed by atoms with Crippen LogP contribution in [0.3, 0.4) is 0 Å². The van der Waals surface area contributed by atoms with Gasteiger partial charge in [0.05, 0.1) is 5.69 Å². The molecule has 108 valence electrons. The van der Waals surface area contributed by atoms with Crippen molar-refractivity contribution in [3.8, 4) is 11.5 Å². The molecule has 2 amide bonds. The fourth-order valence-corrected chi connectivity index (χ4v) is 2.71. The Morgan fingerprint density at radius 1 is 1.25 bits per heavy atom. The van der Waals surface area contributed by atoms with Gasteiger partial charge in [0.25, 0.3) is 0 Å². The standard InChI is InChI=1S/C14H19N3O3/c1-10-19-12-6-5-11(9-13(12)20-10)17(14(15)18)16-7-3-2-4-8-16/h5-6,9-10H,2-4,7-8H2,1H3,(H2,15,18). The molecule has 2 heterocycles. The van der Waals surface area contributed by atoms with Crippen molar-refractivity contribution in [3.63, 3.8) is 0 Å². The number of hydrogen-bond donors (Lipinski definition) is 1. The first-order chi connectivity index (χ1) is 9.65. The number of hydrazine groups is 1. The van der Waals surface area contributed by atoms with Crippen LogP contribution in [0.1, 0.15) is 26.2 Å². The lowest BCUT2D eigenvalue weighted by molar-refractivity contribution is 0.0678. The largest absolute Gasteiger partial charge is 0.451 e. The van der Waals surface area contributed by atoms with Gasteiger partial charge in [-0.2, -0.15) is 0 Å². The second kappa shape index (κ2) is 5.20. The SMILES string of the molecule is CC1Oc2ccc(N(C(N)=O)N3CCCCC3)cc2O1. The van der Waals surface area contributed by atoms with Crippen LogP contribution >= 0.6 is 0 Å². The summed E-state index contributed by atoms with van der Waals surface area (Å²) in [6, 6.07) is 4.98. The summed E-state index contributed by atoms with van der Waals surface area (Å²) in [6.07, 6.45) is 3.05. The van der Waals surface area contributed by atoms with E-state index in [1.54, 1.807) is 6.07 Å². The van der Waals surface area contributed by atoms with Gasteiger partial charge < -0.3 is 15.2 Å². The number of benzene rings is 1.